The summed E-state index contributed by atoms with van der Waals surface area (Å²) in [7, 11) is 0. The average molecular weight is 308 g/mol. The van der Waals surface area contributed by atoms with Gasteiger partial charge in [0.1, 0.15) is 6.61 Å². The molecule has 0 aliphatic rings. The Kier molecular flexibility index (Phi) is 6.10. The summed E-state index contributed by atoms with van der Waals surface area (Å²) in [6.07, 6.45) is -0.128. The molecule has 0 amide bonds. The monoisotopic (exact) mass is 308 g/mol. The second-order valence-electron chi connectivity index (χ2n) is 4.99. The van der Waals surface area contributed by atoms with Gasteiger partial charge < -0.3 is 14.9 Å². The van der Waals surface area contributed by atoms with Crippen LogP contribution in [0.15, 0.2) is 30.3 Å². The van der Waals surface area contributed by atoms with Gasteiger partial charge in [0.05, 0.1) is 5.92 Å². The Labute approximate surface area is 128 Å². The van der Waals surface area contributed by atoms with Gasteiger partial charge in [-0.1, -0.05) is 44.2 Å². The van der Waals surface area contributed by atoms with Crippen LogP contribution in [0.4, 0.5) is 0 Å². The Morgan fingerprint density at radius 3 is 2.05 bits per heavy atom. The summed E-state index contributed by atoms with van der Waals surface area (Å²) < 4.78 is 5.12. The fourth-order valence-corrected chi connectivity index (χ4v) is 2.48. The van der Waals surface area contributed by atoms with Crippen LogP contribution in [0.5, 0.6) is 0 Å². The van der Waals surface area contributed by atoms with Gasteiger partial charge in [0, 0.05) is 0 Å². The van der Waals surface area contributed by atoms with Gasteiger partial charge in [-0.05, 0) is 18.4 Å². The summed E-state index contributed by atoms with van der Waals surface area (Å²) in [4.78, 5) is 35.2. The van der Waals surface area contributed by atoms with Gasteiger partial charge in [-0.2, -0.15) is 0 Å². The molecule has 0 saturated heterocycles. The van der Waals surface area contributed by atoms with Crippen molar-refractivity contribution in [2.45, 2.75) is 33.3 Å². The van der Waals surface area contributed by atoms with Crippen LogP contribution in [0.1, 0.15) is 32.3 Å². The zero-order chi connectivity index (χ0) is 16.8. The summed E-state index contributed by atoms with van der Waals surface area (Å²) in [5, 5.41) is 18.7. The number of esters is 1. The Hall–Kier alpha value is -2.37. The van der Waals surface area contributed by atoms with Crippen LogP contribution < -0.4 is 0 Å². The van der Waals surface area contributed by atoms with Crippen molar-refractivity contribution in [1.82, 2.24) is 0 Å². The molecule has 0 spiro atoms. The van der Waals surface area contributed by atoms with Crippen LogP contribution >= 0.6 is 0 Å². The number of rotatable bonds is 8. The number of hydrogen-bond donors (Lipinski definition) is 2. The van der Waals surface area contributed by atoms with Gasteiger partial charge >= 0.3 is 17.9 Å². The Morgan fingerprint density at radius 2 is 1.64 bits per heavy atom. The second-order valence-corrected chi connectivity index (χ2v) is 4.99. The van der Waals surface area contributed by atoms with Gasteiger partial charge in [0.15, 0.2) is 5.41 Å². The lowest BCUT2D eigenvalue weighted by molar-refractivity contribution is -0.179. The molecule has 2 N–H and O–H groups in total. The first kappa shape index (κ1) is 17.7. The van der Waals surface area contributed by atoms with E-state index >= 15 is 0 Å². The van der Waals surface area contributed by atoms with Gasteiger partial charge in [-0.25, -0.2) is 0 Å². The Morgan fingerprint density at radius 1 is 1.09 bits per heavy atom. The molecule has 120 valence electrons. The molecule has 0 fully saturated rings. The third-order valence-electron chi connectivity index (χ3n) is 3.83. The first-order valence-electron chi connectivity index (χ1n) is 7.07. The molecular formula is C16H20O6. The predicted octanol–water partition coefficient (Wildman–Crippen LogP) is 2.32. The quantitative estimate of drug-likeness (QED) is 0.564. The highest BCUT2D eigenvalue weighted by molar-refractivity contribution is 6.02. The molecule has 0 radical (unpaired) electrons. The molecule has 22 heavy (non-hydrogen) atoms. The zero-order valence-corrected chi connectivity index (χ0v) is 12.6. The van der Waals surface area contributed by atoms with Gasteiger partial charge in [-0.15, -0.1) is 0 Å². The molecule has 6 heteroatoms. The third-order valence-corrected chi connectivity index (χ3v) is 3.83. The van der Waals surface area contributed by atoms with E-state index in [0.29, 0.717) is 0 Å². The van der Waals surface area contributed by atoms with Crippen LogP contribution in [-0.2, 0) is 25.7 Å². The zero-order valence-electron chi connectivity index (χ0n) is 12.6. The van der Waals surface area contributed by atoms with Crippen molar-refractivity contribution in [2.24, 2.45) is 11.3 Å². The van der Waals surface area contributed by atoms with Gasteiger partial charge in [-0.3, -0.25) is 14.4 Å². The summed E-state index contributed by atoms with van der Waals surface area (Å²) in [6, 6.07) is 8.90. The minimum absolute atomic E-state index is 0.0186. The number of carboxylic acids is 2. The van der Waals surface area contributed by atoms with E-state index in [2.05, 4.69) is 0 Å². The molecule has 6 nitrogen and oxygen atoms in total. The topological polar surface area (TPSA) is 101 Å². The highest BCUT2D eigenvalue weighted by Gasteiger charge is 2.54. The van der Waals surface area contributed by atoms with Crippen molar-refractivity contribution in [2.75, 3.05) is 0 Å². The van der Waals surface area contributed by atoms with E-state index in [-0.39, 0.29) is 19.4 Å². The lowest BCUT2D eigenvalue weighted by Crippen LogP contribution is -2.48. The van der Waals surface area contributed by atoms with E-state index in [1.807, 2.05) is 6.07 Å². The number of carbonyl (C=O) groups is 3. The first-order chi connectivity index (χ1) is 10.4. The molecule has 0 heterocycles. The second kappa shape index (κ2) is 7.59. The first-order valence-corrected chi connectivity index (χ1v) is 7.07. The predicted molar refractivity (Wildman–Crippen MR) is 78.0 cm³/mol. The molecule has 1 unspecified atom stereocenters. The molecule has 0 aliphatic carbocycles. The SMILES string of the molecule is CCC(C(=O)OCc1ccccc1)C(CC)(C(=O)O)C(=O)O. The summed E-state index contributed by atoms with van der Waals surface area (Å²) >= 11 is 0. The van der Waals surface area contributed by atoms with E-state index in [1.54, 1.807) is 31.2 Å². The molecule has 0 aliphatic heterocycles. The van der Waals surface area contributed by atoms with Crippen molar-refractivity contribution in [3.8, 4) is 0 Å². The van der Waals surface area contributed by atoms with E-state index in [1.165, 1.54) is 6.92 Å². The fourth-order valence-electron chi connectivity index (χ4n) is 2.48. The average Bonchev–Trinajstić information content (AvgIpc) is 2.50. The number of carboxylic acid groups (broad SMARTS) is 2. The smallest absolute Gasteiger partial charge is 0.321 e. The Bertz CT molecular complexity index is 523. The van der Waals surface area contributed by atoms with E-state index in [4.69, 9.17) is 4.74 Å². The van der Waals surface area contributed by atoms with E-state index < -0.39 is 29.2 Å². The van der Waals surface area contributed by atoms with Crippen molar-refractivity contribution in [3.05, 3.63) is 35.9 Å². The number of carbonyl (C=O) groups excluding carboxylic acids is 1. The van der Waals surface area contributed by atoms with Crippen LogP contribution in [0.25, 0.3) is 0 Å². The molecule has 1 atom stereocenters. The molecule has 1 aromatic carbocycles. The van der Waals surface area contributed by atoms with Crippen LogP contribution in [0.2, 0.25) is 0 Å². The highest BCUT2D eigenvalue weighted by atomic mass is 16.5. The molecule has 1 rings (SSSR count). The lowest BCUT2D eigenvalue weighted by Gasteiger charge is -2.30. The molecule has 0 saturated carbocycles. The summed E-state index contributed by atoms with van der Waals surface area (Å²) in [6.45, 7) is 3.00. The largest absolute Gasteiger partial charge is 0.480 e. The maximum Gasteiger partial charge on any atom is 0.321 e. The Balaban J connectivity index is 2.95. The minimum atomic E-state index is -2.16. The molecule has 0 bridgehead atoms. The molecular weight excluding hydrogens is 288 g/mol. The fraction of sp³-hybridized carbons (Fsp3) is 0.438. The van der Waals surface area contributed by atoms with Crippen LogP contribution in [0.3, 0.4) is 0 Å². The summed E-state index contributed by atoms with van der Waals surface area (Å²) in [5.74, 6) is -5.09. The number of ether oxygens (including phenoxy) is 1. The highest BCUT2D eigenvalue weighted by Crippen LogP contribution is 2.36. The van der Waals surface area contributed by atoms with Crippen LogP contribution in [0, 0.1) is 11.3 Å². The minimum Gasteiger partial charge on any atom is -0.480 e. The lowest BCUT2D eigenvalue weighted by atomic mass is 9.72. The number of hydrogen-bond acceptors (Lipinski definition) is 4. The van der Waals surface area contributed by atoms with Crippen molar-refractivity contribution in [3.63, 3.8) is 0 Å². The van der Waals surface area contributed by atoms with Crippen LogP contribution in [-0.4, -0.2) is 28.1 Å². The standard InChI is InChI=1S/C16H20O6/c1-3-12(16(4-2,14(18)19)15(20)21)13(17)22-10-11-8-6-5-7-9-11/h5-9,12H,3-4,10H2,1-2H3,(H,18,19)(H,20,21). The number of benzene rings is 1. The van der Waals surface area contributed by atoms with E-state index in [0.717, 1.165) is 5.56 Å². The third kappa shape index (κ3) is 3.44. The molecule has 1 aromatic rings. The van der Waals surface area contributed by atoms with Gasteiger partial charge in [0.25, 0.3) is 0 Å². The molecule has 0 aromatic heterocycles. The summed E-state index contributed by atoms with van der Waals surface area (Å²) in [5.41, 5.74) is -1.42. The normalized spacial score (nSPS) is 12.5. The maximum absolute atomic E-state index is 12.2. The van der Waals surface area contributed by atoms with Crippen molar-refractivity contribution < 1.29 is 29.3 Å². The van der Waals surface area contributed by atoms with Crippen molar-refractivity contribution >= 4 is 17.9 Å². The maximum atomic E-state index is 12.2. The van der Waals surface area contributed by atoms with E-state index in [9.17, 15) is 24.6 Å². The van der Waals surface area contributed by atoms with Crippen molar-refractivity contribution in [1.29, 1.82) is 0 Å². The number of aliphatic carboxylic acids is 2. The van der Waals surface area contributed by atoms with Gasteiger partial charge in [0.2, 0.25) is 0 Å².